The van der Waals surface area contributed by atoms with Crippen molar-refractivity contribution in [3.05, 3.63) is 72.8 Å². The number of rotatable bonds is 9. The van der Waals surface area contributed by atoms with Crippen LogP contribution in [0.5, 0.6) is 0 Å². The van der Waals surface area contributed by atoms with Crippen molar-refractivity contribution in [2.24, 2.45) is 0 Å². The van der Waals surface area contributed by atoms with Gasteiger partial charge in [-0.05, 0) is 60.7 Å². The zero-order chi connectivity index (χ0) is 19.9. The molecule has 0 aromatic heterocycles. The first kappa shape index (κ1) is 21.0. The summed E-state index contributed by atoms with van der Waals surface area (Å²) in [7, 11) is -0.00844. The molecule has 0 amide bonds. The fourth-order valence-electron chi connectivity index (χ4n) is 3.64. The van der Waals surface area contributed by atoms with Gasteiger partial charge in [-0.15, -0.1) is 11.8 Å². The van der Waals surface area contributed by atoms with Gasteiger partial charge in [0.15, 0.2) is 14.7 Å². The number of hydrogen-bond acceptors (Lipinski definition) is 2. The summed E-state index contributed by atoms with van der Waals surface area (Å²) in [5.74, 6) is 1.24. The van der Waals surface area contributed by atoms with Crippen LogP contribution in [0.3, 0.4) is 0 Å². The predicted octanol–water partition coefficient (Wildman–Crippen LogP) is 8.70. The van der Waals surface area contributed by atoms with Gasteiger partial charge in [-0.1, -0.05) is 75.1 Å². The number of unbranched alkanes of at least 4 members (excludes halogenated alkanes) is 5. The van der Waals surface area contributed by atoms with Crippen LogP contribution in [-0.2, 0) is 10.9 Å². The molecule has 0 spiro atoms. The Kier molecular flexibility index (Phi) is 7.70. The van der Waals surface area contributed by atoms with E-state index in [4.69, 9.17) is 0 Å². The molecule has 3 aromatic rings. The monoisotopic (exact) mass is 437 g/mol. The highest BCUT2D eigenvalue weighted by atomic mass is 32.2. The lowest BCUT2D eigenvalue weighted by molar-refractivity contribution is 0.627. The van der Waals surface area contributed by atoms with Crippen LogP contribution in [0.1, 0.15) is 45.4 Å². The molecular weight excluding hydrogens is 408 g/mol. The van der Waals surface area contributed by atoms with Crippen molar-refractivity contribution in [2.45, 2.75) is 74.8 Å². The fraction of sp³-hybridized carbons (Fsp3) is 0.308. The predicted molar refractivity (Wildman–Crippen MR) is 130 cm³/mol. The number of thioether (sulfide) groups is 1. The largest absolute Gasteiger partial charge is 0.180 e. The zero-order valence-electron chi connectivity index (χ0n) is 17.1. The molecule has 1 heterocycles. The fourth-order valence-corrected chi connectivity index (χ4v) is 8.29. The van der Waals surface area contributed by atoms with E-state index in [2.05, 4.69) is 79.7 Å². The van der Waals surface area contributed by atoms with Gasteiger partial charge in [-0.2, -0.15) is 0 Å². The third kappa shape index (κ3) is 5.25. The van der Waals surface area contributed by atoms with Gasteiger partial charge in [-0.3, -0.25) is 0 Å². The van der Waals surface area contributed by atoms with Gasteiger partial charge in [0.05, 0.1) is 9.79 Å². The minimum absolute atomic E-state index is 0.00844. The van der Waals surface area contributed by atoms with Crippen molar-refractivity contribution in [1.29, 1.82) is 0 Å². The van der Waals surface area contributed by atoms with Gasteiger partial charge >= 0.3 is 0 Å². The van der Waals surface area contributed by atoms with E-state index in [0.717, 1.165) is 0 Å². The van der Waals surface area contributed by atoms with Gasteiger partial charge in [0.25, 0.3) is 0 Å². The van der Waals surface area contributed by atoms with Crippen LogP contribution in [0.2, 0.25) is 0 Å². The third-order valence-electron chi connectivity index (χ3n) is 5.18. The first-order valence-electron chi connectivity index (χ1n) is 10.7. The molecule has 29 heavy (non-hydrogen) atoms. The first-order chi connectivity index (χ1) is 14.4. The molecule has 0 saturated heterocycles. The average molecular weight is 438 g/mol. The maximum atomic E-state index is 2.36. The van der Waals surface area contributed by atoms with Crippen LogP contribution in [0, 0.1) is 0 Å². The van der Waals surface area contributed by atoms with E-state index in [1.165, 1.54) is 73.7 Å². The zero-order valence-corrected chi connectivity index (χ0v) is 19.6. The molecule has 0 fully saturated rings. The summed E-state index contributed by atoms with van der Waals surface area (Å²) in [5, 5.41) is 0. The maximum absolute atomic E-state index is 2.36. The van der Waals surface area contributed by atoms with E-state index in [1.54, 1.807) is 0 Å². The van der Waals surface area contributed by atoms with E-state index in [9.17, 15) is 0 Å². The molecule has 0 N–H and O–H groups in total. The highest BCUT2D eigenvalue weighted by Gasteiger charge is 2.37. The summed E-state index contributed by atoms with van der Waals surface area (Å²) in [4.78, 5) is 8.55. The number of hydrogen-bond donors (Lipinski definition) is 0. The van der Waals surface area contributed by atoms with E-state index in [1.807, 2.05) is 23.5 Å². The van der Waals surface area contributed by atoms with E-state index >= 15 is 0 Å². The standard InChI is InChI=1S/C26H29S3/c1-2-3-4-5-6-11-20-27-21-16-18-22(19-17-21)29-25-14-9-7-12-23(25)28-24-13-8-10-15-26(24)29/h7-10,12-19H,2-6,11,20H2,1H3/q+1. The molecule has 0 atom stereocenters. The summed E-state index contributed by atoms with van der Waals surface area (Å²) in [5.41, 5.74) is 0. The minimum atomic E-state index is -0.00844. The second-order valence-electron chi connectivity index (χ2n) is 7.39. The Morgan fingerprint density at radius 1 is 0.690 bits per heavy atom. The van der Waals surface area contributed by atoms with Crippen molar-refractivity contribution in [1.82, 2.24) is 0 Å². The average Bonchev–Trinajstić information content (AvgIpc) is 2.77. The highest BCUT2D eigenvalue weighted by Crippen LogP contribution is 2.48. The number of fused-ring (bicyclic) bond motifs is 2. The Bertz CT molecular complexity index is 872. The van der Waals surface area contributed by atoms with Crippen LogP contribution in [0.15, 0.2) is 102 Å². The maximum Gasteiger partial charge on any atom is 0.180 e. The van der Waals surface area contributed by atoms with Crippen LogP contribution < -0.4 is 0 Å². The summed E-state index contributed by atoms with van der Waals surface area (Å²) in [6.45, 7) is 2.28. The van der Waals surface area contributed by atoms with E-state index in [-0.39, 0.29) is 10.9 Å². The molecule has 0 saturated carbocycles. The third-order valence-corrected chi connectivity index (χ3v) is 10.0. The Labute approximate surface area is 187 Å². The Morgan fingerprint density at radius 3 is 1.93 bits per heavy atom. The van der Waals surface area contributed by atoms with Gasteiger partial charge in [-0.25, -0.2) is 0 Å². The molecule has 1 aliphatic heterocycles. The SMILES string of the molecule is CCCCCCCCSc1ccc([S+]2c3ccccc3Sc3ccccc32)cc1. The summed E-state index contributed by atoms with van der Waals surface area (Å²) >= 11 is 3.92. The Morgan fingerprint density at radius 2 is 1.28 bits per heavy atom. The Hall–Kier alpha value is -1.29. The van der Waals surface area contributed by atoms with Gasteiger partial charge < -0.3 is 0 Å². The van der Waals surface area contributed by atoms with Crippen LogP contribution >= 0.6 is 23.5 Å². The molecule has 1 aliphatic rings. The molecule has 0 nitrogen and oxygen atoms in total. The normalized spacial score (nSPS) is 13.1. The summed E-state index contributed by atoms with van der Waals surface area (Å²) in [6, 6.07) is 27.2. The lowest BCUT2D eigenvalue weighted by Crippen LogP contribution is -2.10. The van der Waals surface area contributed by atoms with Crippen LogP contribution in [0.4, 0.5) is 0 Å². The van der Waals surface area contributed by atoms with Crippen molar-refractivity contribution >= 4 is 34.4 Å². The molecule has 0 bridgehead atoms. The van der Waals surface area contributed by atoms with Gasteiger partial charge in [0.2, 0.25) is 0 Å². The minimum Gasteiger partial charge on any atom is -0.126 e. The molecule has 0 radical (unpaired) electrons. The molecule has 0 aliphatic carbocycles. The quantitative estimate of drug-likeness (QED) is 0.146. The summed E-state index contributed by atoms with van der Waals surface area (Å²) < 4.78 is 0. The second-order valence-corrected chi connectivity index (χ2v) is 11.6. The van der Waals surface area contributed by atoms with Gasteiger partial charge in [0.1, 0.15) is 10.9 Å². The van der Waals surface area contributed by atoms with E-state index < -0.39 is 0 Å². The highest BCUT2D eigenvalue weighted by molar-refractivity contribution is 8.04. The lowest BCUT2D eigenvalue weighted by atomic mass is 10.1. The van der Waals surface area contributed by atoms with Crippen LogP contribution in [0.25, 0.3) is 0 Å². The summed E-state index contributed by atoms with van der Waals surface area (Å²) in [6.07, 6.45) is 8.22. The van der Waals surface area contributed by atoms with Crippen molar-refractivity contribution < 1.29 is 0 Å². The van der Waals surface area contributed by atoms with Gasteiger partial charge in [0, 0.05) is 4.90 Å². The first-order valence-corrected chi connectivity index (χ1v) is 13.7. The van der Waals surface area contributed by atoms with Crippen LogP contribution in [-0.4, -0.2) is 5.75 Å². The molecule has 4 rings (SSSR count). The lowest BCUT2D eigenvalue weighted by Gasteiger charge is -2.18. The molecular formula is C26H29S3+. The van der Waals surface area contributed by atoms with Crippen molar-refractivity contribution in [3.8, 4) is 0 Å². The molecule has 150 valence electrons. The topological polar surface area (TPSA) is 0 Å². The van der Waals surface area contributed by atoms with Crippen molar-refractivity contribution in [3.63, 3.8) is 0 Å². The smallest absolute Gasteiger partial charge is 0.126 e. The Balaban J connectivity index is 1.44. The molecule has 0 unspecified atom stereocenters. The molecule has 3 aromatic carbocycles. The number of benzene rings is 3. The van der Waals surface area contributed by atoms with Crippen molar-refractivity contribution in [2.75, 3.05) is 5.75 Å². The van der Waals surface area contributed by atoms with E-state index in [0.29, 0.717) is 0 Å². The molecule has 3 heteroatoms. The second kappa shape index (κ2) is 10.7.